The smallest absolute Gasteiger partial charge is 0.190 e. The third-order valence-corrected chi connectivity index (χ3v) is 4.96. The van der Waals surface area contributed by atoms with Crippen molar-refractivity contribution in [2.24, 2.45) is 16.8 Å². The van der Waals surface area contributed by atoms with Crippen molar-refractivity contribution < 1.29 is 4.74 Å². The predicted octanol–water partition coefficient (Wildman–Crippen LogP) is 2.74. The van der Waals surface area contributed by atoms with Gasteiger partial charge in [0.25, 0.3) is 0 Å². The van der Waals surface area contributed by atoms with E-state index in [4.69, 9.17) is 4.74 Å². The van der Waals surface area contributed by atoms with Crippen LogP contribution in [0.4, 0.5) is 0 Å². The Morgan fingerprint density at radius 1 is 1.31 bits per heavy atom. The van der Waals surface area contributed by atoms with Crippen molar-refractivity contribution in [2.45, 2.75) is 33.3 Å². The lowest BCUT2D eigenvalue weighted by atomic mass is 9.98. The highest BCUT2D eigenvalue weighted by molar-refractivity contribution is 5.79. The van der Waals surface area contributed by atoms with E-state index in [0.717, 1.165) is 32.2 Å². The molecule has 1 saturated heterocycles. The zero-order chi connectivity index (χ0) is 18.6. The summed E-state index contributed by atoms with van der Waals surface area (Å²) in [7, 11) is 1.84. The van der Waals surface area contributed by atoms with Crippen molar-refractivity contribution in [3.05, 3.63) is 35.9 Å². The van der Waals surface area contributed by atoms with E-state index in [-0.39, 0.29) is 0 Å². The van der Waals surface area contributed by atoms with E-state index in [0.29, 0.717) is 18.4 Å². The minimum absolute atomic E-state index is 0.433. The molecule has 26 heavy (non-hydrogen) atoms. The summed E-state index contributed by atoms with van der Waals surface area (Å²) in [5, 5.41) is 6.92. The molecule has 1 aliphatic rings. The van der Waals surface area contributed by atoms with E-state index in [1.54, 1.807) is 0 Å². The Bertz CT molecular complexity index is 520. The van der Waals surface area contributed by atoms with Gasteiger partial charge in [-0.25, -0.2) is 0 Å². The predicted molar refractivity (Wildman–Crippen MR) is 109 cm³/mol. The van der Waals surface area contributed by atoms with Crippen molar-refractivity contribution in [1.29, 1.82) is 0 Å². The normalized spacial score (nSPS) is 20.0. The minimum atomic E-state index is 0.433. The summed E-state index contributed by atoms with van der Waals surface area (Å²) >= 11 is 0. The number of aliphatic imine (C=N–C) groups is 1. The molecular weight excluding hydrogens is 324 g/mol. The van der Waals surface area contributed by atoms with Crippen LogP contribution in [0.15, 0.2) is 35.3 Å². The number of benzene rings is 1. The Labute approximate surface area is 159 Å². The number of nitrogens with one attached hydrogen (secondary N) is 2. The average molecular weight is 361 g/mol. The molecule has 1 fully saturated rings. The van der Waals surface area contributed by atoms with Gasteiger partial charge in [-0.2, -0.15) is 0 Å². The first-order valence-electron chi connectivity index (χ1n) is 9.99. The Balaban J connectivity index is 1.60. The van der Waals surface area contributed by atoms with Crippen LogP contribution in [0.1, 0.15) is 32.3 Å². The third-order valence-electron chi connectivity index (χ3n) is 4.96. The Kier molecular flexibility index (Phi) is 9.50. The second-order valence-electron chi connectivity index (χ2n) is 7.34. The van der Waals surface area contributed by atoms with Crippen LogP contribution in [0.2, 0.25) is 0 Å². The number of hydrogen-bond acceptors (Lipinski definition) is 3. The number of likely N-dealkylation sites (tertiary alicyclic amines) is 1. The topological polar surface area (TPSA) is 48.9 Å². The van der Waals surface area contributed by atoms with Gasteiger partial charge in [-0.3, -0.25) is 4.99 Å². The van der Waals surface area contributed by atoms with Gasteiger partial charge in [-0.05, 0) is 43.3 Å². The molecule has 5 nitrogen and oxygen atoms in total. The lowest BCUT2D eigenvalue weighted by molar-refractivity contribution is 0.0931. The van der Waals surface area contributed by atoms with Gasteiger partial charge in [0.05, 0.1) is 13.2 Å². The summed E-state index contributed by atoms with van der Waals surface area (Å²) in [4.78, 5) is 6.89. The summed E-state index contributed by atoms with van der Waals surface area (Å²) in [6.45, 7) is 11.3. The number of hydrogen-bond donors (Lipinski definition) is 2. The summed E-state index contributed by atoms with van der Waals surface area (Å²) < 4.78 is 5.82. The molecule has 0 amide bonds. The van der Waals surface area contributed by atoms with E-state index in [1.165, 1.54) is 31.5 Å². The average Bonchev–Trinajstić information content (AvgIpc) is 2.69. The largest absolute Gasteiger partial charge is 0.376 e. The lowest BCUT2D eigenvalue weighted by Gasteiger charge is -2.32. The second kappa shape index (κ2) is 11.9. The zero-order valence-electron chi connectivity index (χ0n) is 16.7. The third kappa shape index (κ3) is 7.75. The Hall–Kier alpha value is -1.59. The van der Waals surface area contributed by atoms with E-state index in [9.17, 15) is 0 Å². The van der Waals surface area contributed by atoms with E-state index in [2.05, 4.69) is 46.5 Å². The Morgan fingerprint density at radius 2 is 2.12 bits per heavy atom. The molecule has 1 aromatic rings. The second-order valence-corrected chi connectivity index (χ2v) is 7.34. The fourth-order valence-corrected chi connectivity index (χ4v) is 3.35. The van der Waals surface area contributed by atoms with Gasteiger partial charge < -0.3 is 20.3 Å². The highest BCUT2D eigenvalue weighted by Gasteiger charge is 2.18. The van der Waals surface area contributed by atoms with E-state index >= 15 is 0 Å². The minimum Gasteiger partial charge on any atom is -0.376 e. The van der Waals surface area contributed by atoms with Gasteiger partial charge in [0.2, 0.25) is 0 Å². The number of piperidine rings is 1. The van der Waals surface area contributed by atoms with Crippen molar-refractivity contribution in [2.75, 3.05) is 46.4 Å². The van der Waals surface area contributed by atoms with Crippen LogP contribution in [0, 0.1) is 11.8 Å². The highest BCUT2D eigenvalue weighted by atomic mass is 16.5. The molecule has 1 aliphatic heterocycles. The van der Waals surface area contributed by atoms with Crippen molar-refractivity contribution in [3.63, 3.8) is 0 Å². The first-order valence-corrected chi connectivity index (χ1v) is 9.99. The maximum absolute atomic E-state index is 5.82. The molecule has 2 rings (SSSR count). The summed E-state index contributed by atoms with van der Waals surface area (Å²) in [6.07, 6.45) is 2.62. The molecule has 0 bridgehead atoms. The molecule has 2 N–H and O–H groups in total. The molecule has 0 saturated carbocycles. The number of nitrogens with zero attached hydrogens (tertiary/aromatic N) is 2. The molecule has 0 aliphatic carbocycles. The molecule has 1 heterocycles. The highest BCUT2D eigenvalue weighted by Crippen LogP contribution is 2.15. The lowest BCUT2D eigenvalue weighted by Crippen LogP contribution is -2.45. The van der Waals surface area contributed by atoms with Gasteiger partial charge in [0.1, 0.15) is 0 Å². The standard InChI is InChI=1S/C21H36N4O/c1-4-25-12-8-11-20(15-25)14-24-21(22-3)23-13-18(2)16-26-17-19-9-6-5-7-10-19/h5-7,9-10,18,20H,4,8,11-17H2,1-3H3,(H2,22,23,24). The summed E-state index contributed by atoms with van der Waals surface area (Å²) in [5.41, 5.74) is 1.22. The van der Waals surface area contributed by atoms with Crippen molar-refractivity contribution in [3.8, 4) is 0 Å². The zero-order valence-corrected chi connectivity index (χ0v) is 16.7. The van der Waals surface area contributed by atoms with Gasteiger partial charge in [0, 0.05) is 26.7 Å². The maximum atomic E-state index is 5.82. The summed E-state index contributed by atoms with van der Waals surface area (Å²) in [6, 6.07) is 10.3. The Morgan fingerprint density at radius 3 is 2.85 bits per heavy atom. The van der Waals surface area contributed by atoms with Crippen molar-refractivity contribution >= 4 is 5.96 Å². The van der Waals surface area contributed by atoms with E-state index < -0.39 is 0 Å². The molecule has 0 spiro atoms. The fourth-order valence-electron chi connectivity index (χ4n) is 3.35. The van der Waals surface area contributed by atoms with Crippen LogP contribution in [0.3, 0.4) is 0 Å². The fraction of sp³-hybridized carbons (Fsp3) is 0.667. The molecule has 0 aromatic heterocycles. The molecule has 5 heteroatoms. The SMILES string of the molecule is CCN1CCCC(CNC(=NC)NCC(C)COCc2ccccc2)C1. The summed E-state index contributed by atoms with van der Waals surface area (Å²) in [5.74, 6) is 2.05. The molecule has 146 valence electrons. The van der Waals surface area contributed by atoms with Gasteiger partial charge in [-0.15, -0.1) is 0 Å². The van der Waals surface area contributed by atoms with Crippen molar-refractivity contribution in [1.82, 2.24) is 15.5 Å². The number of rotatable bonds is 9. The molecule has 2 unspecified atom stereocenters. The molecule has 1 aromatic carbocycles. The monoisotopic (exact) mass is 360 g/mol. The molecule has 2 atom stereocenters. The van der Waals surface area contributed by atoms with Gasteiger partial charge >= 0.3 is 0 Å². The maximum Gasteiger partial charge on any atom is 0.190 e. The quantitative estimate of drug-likeness (QED) is 0.525. The van der Waals surface area contributed by atoms with Crippen LogP contribution in [0.25, 0.3) is 0 Å². The van der Waals surface area contributed by atoms with Crippen LogP contribution >= 0.6 is 0 Å². The van der Waals surface area contributed by atoms with Gasteiger partial charge in [0.15, 0.2) is 5.96 Å². The van der Waals surface area contributed by atoms with Gasteiger partial charge in [-0.1, -0.05) is 44.2 Å². The van der Waals surface area contributed by atoms with Crippen LogP contribution < -0.4 is 10.6 Å². The van der Waals surface area contributed by atoms with E-state index in [1.807, 2.05) is 25.2 Å². The van der Waals surface area contributed by atoms with Crippen LogP contribution in [-0.2, 0) is 11.3 Å². The first-order chi connectivity index (χ1) is 12.7. The molecular formula is C21H36N4O. The first kappa shape index (κ1) is 20.7. The number of guanidine groups is 1. The molecule has 0 radical (unpaired) electrons. The number of ether oxygens (including phenoxy) is 1. The van der Waals surface area contributed by atoms with Crippen LogP contribution in [-0.4, -0.2) is 57.2 Å². The van der Waals surface area contributed by atoms with Crippen LogP contribution in [0.5, 0.6) is 0 Å².